The molecule has 0 amide bonds. The van der Waals surface area contributed by atoms with E-state index < -0.39 is 318 Å². The standard InChI is InChI=1S/C54H37NO/c1-4-13-38(14-5-1)39-23-30-45(31-24-39)55(47-34-27-43(28-35-47)49-20-12-21-51-50-19-10-11-22-53(50)56-54(49)51)46-32-25-40(26-33-46)44-29-36-48(41-15-6-2-7-16-41)52(37-44)42-17-8-3-9-18-42/h1-37H/i1D,2D,3D,4D,5D,6D,7D,8D,9D,10D,11D,12D,13D,14D,15D,16D,17D,18D,19D,20D,21D,22D,23D,24D,25D,26D,27D,28D,29D,30D,31D,32D,33D,34D,35D,36D,37D. The summed E-state index contributed by atoms with van der Waals surface area (Å²) < 4.78 is 338. The first kappa shape index (κ1) is 12.3. The Kier molecular flexibility index (Phi) is 3.17. The number of nitrogens with zero attached hydrogens (tertiary/aromatic N) is 1. The number of benzene rings is 9. The lowest BCUT2D eigenvalue weighted by Gasteiger charge is -2.26. The number of fused-ring (bicyclic) bond motifs is 3. The van der Waals surface area contributed by atoms with Crippen LogP contribution in [0.5, 0.6) is 0 Å². The number of furan rings is 1. The minimum absolute atomic E-state index is 0.200. The summed E-state index contributed by atoms with van der Waals surface area (Å²) in [6.45, 7) is 0. The first-order valence-corrected chi connectivity index (χ1v) is 16.1. The molecule has 56 heavy (non-hydrogen) atoms. The second kappa shape index (κ2) is 14.4. The minimum atomic E-state index is -1.45. The van der Waals surface area contributed by atoms with E-state index in [0.717, 1.165) is 0 Å². The highest BCUT2D eigenvalue weighted by Gasteiger charge is 2.17. The SMILES string of the molecule is [2H]c1c([2H])c([2H])c(-c2c([2H])c([2H])c(N(c3c([2H])c([2H])c(-c4c([2H])c([2H])c(-c5c([2H])c([2H])c([2H])c([2H])c5[2H])c(-c5c([2H])c([2H])c([2H])c([2H])c5[2H])c4[2H])c([2H])c3[2H])c3c([2H])c([2H])c(-c4c([2H])c([2H])c([2H])c5c4oc4c([2H])c([2H])c([2H])c([2H])c45)c([2H])c3[2H])c([2H])c2[2H])c([2H])c1[2H]. The van der Waals surface area contributed by atoms with Crippen molar-refractivity contribution in [2.45, 2.75) is 0 Å². The van der Waals surface area contributed by atoms with Crippen molar-refractivity contribution in [2.75, 3.05) is 4.90 Å². The van der Waals surface area contributed by atoms with Crippen LogP contribution in [0, 0.1) is 0 Å². The first-order valence-electron chi connectivity index (χ1n) is 34.6. The largest absolute Gasteiger partial charge is 0.455 e. The molecule has 0 aliphatic carbocycles. The van der Waals surface area contributed by atoms with Gasteiger partial charge in [0.15, 0.2) is 0 Å². The Labute approximate surface area is 379 Å². The lowest BCUT2D eigenvalue weighted by atomic mass is 9.91. The van der Waals surface area contributed by atoms with Gasteiger partial charge < -0.3 is 9.32 Å². The first-order chi connectivity index (χ1) is 43.2. The molecule has 0 aliphatic heterocycles. The van der Waals surface area contributed by atoms with Crippen LogP contribution in [0.4, 0.5) is 17.1 Å². The molecule has 0 fully saturated rings. The molecule has 1 aromatic heterocycles. The van der Waals surface area contributed by atoms with Gasteiger partial charge in [0.25, 0.3) is 0 Å². The van der Waals surface area contributed by atoms with Crippen molar-refractivity contribution in [3.63, 3.8) is 0 Å². The van der Waals surface area contributed by atoms with Crippen LogP contribution >= 0.6 is 0 Å². The lowest BCUT2D eigenvalue weighted by Crippen LogP contribution is -2.09. The Bertz CT molecular complexity index is 4960. The second-order valence-corrected chi connectivity index (χ2v) is 11.3. The second-order valence-electron chi connectivity index (χ2n) is 11.3. The van der Waals surface area contributed by atoms with Gasteiger partial charge in [0.05, 0.1) is 50.7 Å². The fraction of sp³-hybridized carbons (Fsp3) is 0. The van der Waals surface area contributed by atoms with Gasteiger partial charge in [-0.2, -0.15) is 0 Å². The summed E-state index contributed by atoms with van der Waals surface area (Å²) in [4.78, 5) is 0.200. The van der Waals surface area contributed by atoms with Gasteiger partial charge in [0.2, 0.25) is 0 Å². The van der Waals surface area contributed by atoms with Crippen LogP contribution in [-0.4, -0.2) is 0 Å². The molecule has 0 N–H and O–H groups in total. The van der Waals surface area contributed by atoms with Crippen LogP contribution in [0.3, 0.4) is 0 Å². The molecule has 1 heterocycles. The average Bonchev–Trinajstić information content (AvgIpc) is 1.69. The van der Waals surface area contributed by atoms with Gasteiger partial charge in [0.1, 0.15) is 11.2 Å². The highest BCUT2D eigenvalue weighted by Crippen LogP contribution is 2.41. The summed E-state index contributed by atoms with van der Waals surface area (Å²) in [6, 6.07) is -41.8. The van der Waals surface area contributed by atoms with Crippen LogP contribution in [0.2, 0.25) is 0 Å². The molecule has 0 unspecified atom stereocenters. The molecule has 264 valence electrons. The number of anilines is 3. The molecule has 0 spiro atoms. The quantitative estimate of drug-likeness (QED) is 0.154. The number of hydrogen-bond acceptors (Lipinski definition) is 2. The Morgan fingerprint density at radius 2 is 0.732 bits per heavy atom. The van der Waals surface area contributed by atoms with Crippen LogP contribution in [-0.2, 0) is 0 Å². The highest BCUT2D eigenvalue weighted by molar-refractivity contribution is 6.09. The third-order valence-corrected chi connectivity index (χ3v) is 8.01. The molecule has 0 radical (unpaired) electrons. The van der Waals surface area contributed by atoms with Crippen molar-refractivity contribution in [3.05, 3.63) is 224 Å². The van der Waals surface area contributed by atoms with Gasteiger partial charge in [-0.3, -0.25) is 0 Å². The summed E-state index contributed by atoms with van der Waals surface area (Å²) in [5.41, 5.74) is -15.1. The van der Waals surface area contributed by atoms with Crippen molar-refractivity contribution in [1.82, 2.24) is 0 Å². The Morgan fingerprint density at radius 3 is 1.34 bits per heavy atom. The van der Waals surface area contributed by atoms with Crippen LogP contribution in [0.1, 0.15) is 50.7 Å². The van der Waals surface area contributed by atoms with E-state index in [1.54, 1.807) is 0 Å². The van der Waals surface area contributed by atoms with Crippen LogP contribution < -0.4 is 4.90 Å². The lowest BCUT2D eigenvalue weighted by molar-refractivity contribution is 0.670. The molecule has 0 bridgehead atoms. The predicted molar refractivity (Wildman–Crippen MR) is 236 cm³/mol. The van der Waals surface area contributed by atoms with Crippen LogP contribution in [0.25, 0.3) is 77.6 Å². The molecule has 0 saturated carbocycles. The maximum absolute atomic E-state index is 9.78. The van der Waals surface area contributed by atoms with E-state index in [0.29, 0.717) is 0 Å². The summed E-state index contributed by atoms with van der Waals surface area (Å²) in [5, 5.41) is -1.03. The van der Waals surface area contributed by atoms with E-state index in [1.165, 1.54) is 0 Å². The molecule has 10 rings (SSSR count). The molecule has 10 aromatic rings. The summed E-state index contributed by atoms with van der Waals surface area (Å²) in [6.07, 6.45) is 0. The van der Waals surface area contributed by atoms with E-state index in [4.69, 9.17) is 34.6 Å². The van der Waals surface area contributed by atoms with Crippen molar-refractivity contribution in [2.24, 2.45) is 0 Å². The summed E-state index contributed by atoms with van der Waals surface area (Å²) in [7, 11) is 0. The zero-order valence-corrected chi connectivity index (χ0v) is 27.9. The summed E-state index contributed by atoms with van der Waals surface area (Å²) >= 11 is 0. The van der Waals surface area contributed by atoms with Gasteiger partial charge in [-0.25, -0.2) is 0 Å². The summed E-state index contributed by atoms with van der Waals surface area (Å²) in [5.74, 6) is 0. The van der Waals surface area contributed by atoms with Crippen molar-refractivity contribution in [3.8, 4) is 55.6 Å². The molecule has 9 aromatic carbocycles. The molecular formula is C54H37NO. The monoisotopic (exact) mass is 753 g/mol. The number of rotatable bonds is 8. The molecule has 2 nitrogen and oxygen atoms in total. The van der Waals surface area contributed by atoms with E-state index >= 15 is 0 Å². The number of para-hydroxylation sites is 2. The maximum atomic E-state index is 9.78. The zero-order valence-electron chi connectivity index (χ0n) is 64.9. The predicted octanol–water partition coefficient (Wildman–Crippen LogP) is 15.4. The van der Waals surface area contributed by atoms with Gasteiger partial charge in [-0.15, -0.1) is 0 Å². The van der Waals surface area contributed by atoms with Gasteiger partial charge >= 0.3 is 0 Å². The number of hydrogen-bond donors (Lipinski definition) is 0. The van der Waals surface area contributed by atoms with Crippen molar-refractivity contribution < 1.29 is 55.1 Å². The van der Waals surface area contributed by atoms with E-state index in [2.05, 4.69) is 0 Å². The Balaban J connectivity index is 1.37. The molecule has 0 saturated heterocycles. The fourth-order valence-electron chi connectivity index (χ4n) is 5.50. The van der Waals surface area contributed by atoms with E-state index in [9.17, 15) is 20.6 Å². The zero-order chi connectivity index (χ0) is 69.5. The molecule has 0 atom stereocenters. The maximum Gasteiger partial charge on any atom is 0.143 e. The molecule has 0 aliphatic rings. The van der Waals surface area contributed by atoms with Crippen molar-refractivity contribution in [1.29, 1.82) is 0 Å². The van der Waals surface area contributed by atoms with Gasteiger partial charge in [-0.1, -0.05) is 175 Å². The van der Waals surface area contributed by atoms with E-state index in [1.807, 2.05) is 0 Å². The van der Waals surface area contributed by atoms with Gasteiger partial charge in [-0.05, 0) is 98.4 Å². The Hall–Kier alpha value is -7.42. The normalized spacial score (nSPS) is 20.5. The smallest absolute Gasteiger partial charge is 0.143 e. The third-order valence-electron chi connectivity index (χ3n) is 8.01. The van der Waals surface area contributed by atoms with Gasteiger partial charge in [0, 0.05) is 33.4 Å². The highest BCUT2D eigenvalue weighted by atomic mass is 16.3. The minimum Gasteiger partial charge on any atom is -0.455 e. The van der Waals surface area contributed by atoms with E-state index in [-0.39, 0.29) is 4.90 Å². The average molecular weight is 753 g/mol. The molecular weight excluding hydrogens is 679 g/mol. The Morgan fingerprint density at radius 1 is 0.304 bits per heavy atom. The molecule has 2 heteroatoms. The topological polar surface area (TPSA) is 16.4 Å². The van der Waals surface area contributed by atoms with Crippen molar-refractivity contribution >= 4 is 39.0 Å². The third kappa shape index (κ3) is 6.24. The fourth-order valence-corrected chi connectivity index (χ4v) is 5.50. The van der Waals surface area contributed by atoms with Crippen LogP contribution in [0.15, 0.2) is 228 Å².